The van der Waals surface area contributed by atoms with E-state index in [9.17, 15) is 18.3 Å². The number of benzene rings is 2. The number of hydrogen-bond acceptors (Lipinski definition) is 1. The van der Waals surface area contributed by atoms with Crippen LogP contribution >= 0.6 is 23.2 Å². The first-order valence-corrected chi connectivity index (χ1v) is 6.95. The minimum atomic E-state index is -1.76. The zero-order valence-corrected chi connectivity index (χ0v) is 12.2. The van der Waals surface area contributed by atoms with Crippen molar-refractivity contribution in [1.29, 1.82) is 0 Å². The summed E-state index contributed by atoms with van der Waals surface area (Å²) in [6, 6.07) is 8.17. The molecule has 0 bridgehead atoms. The summed E-state index contributed by atoms with van der Waals surface area (Å²) in [7, 11) is 0. The number of rotatable bonds is 4. The van der Waals surface area contributed by atoms with Crippen molar-refractivity contribution in [3.05, 3.63) is 70.0 Å². The van der Waals surface area contributed by atoms with E-state index in [4.69, 9.17) is 23.2 Å². The van der Waals surface area contributed by atoms with Crippen LogP contribution in [0.25, 0.3) is 0 Å². The highest BCUT2D eigenvalue weighted by atomic mass is 35.5. The van der Waals surface area contributed by atoms with Gasteiger partial charge in [0.2, 0.25) is 0 Å². The van der Waals surface area contributed by atoms with E-state index >= 15 is 0 Å². The smallest absolute Gasteiger partial charge is 0.194 e. The molecule has 0 amide bonds. The van der Waals surface area contributed by atoms with Gasteiger partial charge in [-0.05, 0) is 29.3 Å². The average Bonchev–Trinajstić information content (AvgIpc) is 2.46. The van der Waals surface area contributed by atoms with Gasteiger partial charge in [-0.2, -0.15) is 0 Å². The highest BCUT2D eigenvalue weighted by Crippen LogP contribution is 2.31. The van der Waals surface area contributed by atoms with Crippen LogP contribution < -0.4 is 0 Å². The van der Waals surface area contributed by atoms with Gasteiger partial charge in [0, 0.05) is 11.4 Å². The SMILES string of the molecule is OC(CCl)(Cc1ccccc1Cl)c1cc(F)c(F)c(F)c1. The van der Waals surface area contributed by atoms with Crippen LogP contribution in [-0.4, -0.2) is 11.0 Å². The van der Waals surface area contributed by atoms with E-state index in [-0.39, 0.29) is 17.9 Å². The number of halogens is 5. The third kappa shape index (κ3) is 3.34. The summed E-state index contributed by atoms with van der Waals surface area (Å²) in [5.74, 6) is -4.68. The third-order valence-corrected chi connectivity index (χ3v) is 3.99. The summed E-state index contributed by atoms with van der Waals surface area (Å²) in [5, 5.41) is 11.0. The van der Waals surface area contributed by atoms with Gasteiger partial charge in [-0.15, -0.1) is 11.6 Å². The second-order valence-corrected chi connectivity index (χ2v) is 5.36. The minimum Gasteiger partial charge on any atom is -0.384 e. The van der Waals surface area contributed by atoms with Crippen LogP contribution in [0.2, 0.25) is 5.02 Å². The Bertz CT molecular complexity index is 640. The molecule has 0 aliphatic rings. The molecular weight excluding hydrogens is 324 g/mol. The summed E-state index contributed by atoms with van der Waals surface area (Å²) in [6.07, 6.45) is -0.0549. The van der Waals surface area contributed by atoms with Crippen LogP contribution in [0.4, 0.5) is 13.2 Å². The van der Waals surface area contributed by atoms with Crippen LogP contribution in [0.3, 0.4) is 0 Å². The van der Waals surface area contributed by atoms with Gasteiger partial charge < -0.3 is 5.11 Å². The molecule has 1 unspecified atom stereocenters. The molecule has 2 rings (SSSR count). The largest absolute Gasteiger partial charge is 0.384 e. The van der Waals surface area contributed by atoms with Crippen molar-refractivity contribution >= 4 is 23.2 Å². The molecule has 112 valence electrons. The zero-order chi connectivity index (χ0) is 15.6. The molecule has 2 aromatic rings. The molecular formula is C15H11Cl2F3O. The molecule has 2 aromatic carbocycles. The second kappa shape index (κ2) is 6.26. The highest BCUT2D eigenvalue weighted by molar-refractivity contribution is 6.31. The number of aliphatic hydroxyl groups is 1. The van der Waals surface area contributed by atoms with Gasteiger partial charge in [0.1, 0.15) is 5.60 Å². The molecule has 0 heterocycles. The van der Waals surface area contributed by atoms with E-state index in [2.05, 4.69) is 0 Å². The lowest BCUT2D eigenvalue weighted by molar-refractivity contribution is 0.0605. The molecule has 0 fully saturated rings. The summed E-state index contributed by atoms with van der Waals surface area (Å²) in [4.78, 5) is 0. The Labute approximate surface area is 129 Å². The Morgan fingerprint density at radius 1 is 1.05 bits per heavy atom. The topological polar surface area (TPSA) is 20.2 Å². The van der Waals surface area contributed by atoms with E-state index in [0.717, 1.165) is 12.1 Å². The lowest BCUT2D eigenvalue weighted by atomic mass is 9.88. The van der Waals surface area contributed by atoms with Crippen molar-refractivity contribution in [1.82, 2.24) is 0 Å². The molecule has 0 spiro atoms. The summed E-state index contributed by atoms with van der Waals surface area (Å²) < 4.78 is 39.7. The van der Waals surface area contributed by atoms with Crippen LogP contribution in [-0.2, 0) is 12.0 Å². The maximum absolute atomic E-state index is 13.3. The van der Waals surface area contributed by atoms with E-state index in [1.165, 1.54) is 0 Å². The normalized spacial score (nSPS) is 14.0. The van der Waals surface area contributed by atoms with Crippen molar-refractivity contribution in [3.63, 3.8) is 0 Å². The molecule has 1 N–H and O–H groups in total. The van der Waals surface area contributed by atoms with Crippen LogP contribution in [0.5, 0.6) is 0 Å². The maximum Gasteiger partial charge on any atom is 0.194 e. The molecule has 0 radical (unpaired) electrons. The predicted molar refractivity (Wildman–Crippen MR) is 76.1 cm³/mol. The first-order valence-electron chi connectivity index (χ1n) is 6.04. The van der Waals surface area contributed by atoms with Gasteiger partial charge in [-0.25, -0.2) is 13.2 Å². The monoisotopic (exact) mass is 334 g/mol. The zero-order valence-electron chi connectivity index (χ0n) is 10.7. The predicted octanol–water partition coefficient (Wildman–Crippen LogP) is 4.43. The lowest BCUT2D eigenvalue weighted by Gasteiger charge is -2.27. The molecule has 6 heteroatoms. The fraction of sp³-hybridized carbons (Fsp3) is 0.200. The van der Waals surface area contributed by atoms with Gasteiger partial charge in [0.25, 0.3) is 0 Å². The minimum absolute atomic E-state index is 0.0549. The van der Waals surface area contributed by atoms with Crippen molar-refractivity contribution in [2.45, 2.75) is 12.0 Å². The van der Waals surface area contributed by atoms with Crippen molar-refractivity contribution in [2.75, 3.05) is 5.88 Å². The Balaban J connectivity index is 2.44. The van der Waals surface area contributed by atoms with E-state index in [1.54, 1.807) is 24.3 Å². The molecule has 0 aliphatic carbocycles. The summed E-state index contributed by atoms with van der Waals surface area (Å²) in [5.41, 5.74) is -1.34. The number of alkyl halides is 1. The standard InChI is InChI=1S/C15H11Cl2F3O/c16-8-15(21,7-9-3-1-2-4-11(9)17)10-5-12(18)14(20)13(19)6-10/h1-6,21H,7-8H2. The summed E-state index contributed by atoms with van der Waals surface area (Å²) in [6.45, 7) is 0. The van der Waals surface area contributed by atoms with Crippen LogP contribution in [0.15, 0.2) is 36.4 Å². The van der Waals surface area contributed by atoms with Crippen molar-refractivity contribution in [3.8, 4) is 0 Å². The quantitative estimate of drug-likeness (QED) is 0.648. The van der Waals surface area contributed by atoms with Gasteiger partial charge >= 0.3 is 0 Å². The fourth-order valence-electron chi connectivity index (χ4n) is 2.01. The first kappa shape index (κ1) is 16.1. The van der Waals surface area contributed by atoms with E-state index in [1.807, 2.05) is 0 Å². The molecule has 0 aromatic heterocycles. The van der Waals surface area contributed by atoms with Gasteiger partial charge in [-0.1, -0.05) is 29.8 Å². The van der Waals surface area contributed by atoms with Crippen molar-refractivity contribution < 1.29 is 18.3 Å². The van der Waals surface area contributed by atoms with Gasteiger partial charge in [0.05, 0.1) is 5.88 Å². The van der Waals surface area contributed by atoms with Gasteiger partial charge in [-0.3, -0.25) is 0 Å². The van der Waals surface area contributed by atoms with Crippen LogP contribution in [0.1, 0.15) is 11.1 Å². The Kier molecular flexibility index (Phi) is 4.81. The molecule has 0 saturated heterocycles. The average molecular weight is 335 g/mol. The molecule has 0 aliphatic heterocycles. The van der Waals surface area contributed by atoms with E-state index in [0.29, 0.717) is 10.6 Å². The van der Waals surface area contributed by atoms with E-state index < -0.39 is 23.1 Å². The highest BCUT2D eigenvalue weighted by Gasteiger charge is 2.31. The van der Waals surface area contributed by atoms with Crippen LogP contribution in [0, 0.1) is 17.5 Å². The first-order chi connectivity index (χ1) is 9.87. The Morgan fingerprint density at radius 2 is 1.62 bits per heavy atom. The Hall–Kier alpha value is -1.23. The molecule has 1 atom stereocenters. The van der Waals surface area contributed by atoms with Gasteiger partial charge in [0.15, 0.2) is 17.5 Å². The maximum atomic E-state index is 13.3. The number of hydrogen-bond donors (Lipinski definition) is 1. The molecule has 21 heavy (non-hydrogen) atoms. The third-order valence-electron chi connectivity index (χ3n) is 3.18. The van der Waals surface area contributed by atoms with Crippen molar-refractivity contribution in [2.24, 2.45) is 0 Å². The molecule has 1 nitrogen and oxygen atoms in total. The molecule has 0 saturated carbocycles. The lowest BCUT2D eigenvalue weighted by Crippen LogP contribution is -2.31. The summed E-state index contributed by atoms with van der Waals surface area (Å²) >= 11 is 11.8. The Morgan fingerprint density at radius 3 is 2.14 bits per heavy atom. The fourth-order valence-corrected chi connectivity index (χ4v) is 2.46. The second-order valence-electron chi connectivity index (χ2n) is 4.69.